The number of aromatic hydroxyl groups is 2. The number of hydrogen-bond acceptors (Lipinski definition) is 3. The number of nitrogens with zero attached hydrogens (tertiary/aromatic N) is 1. The van der Waals surface area contributed by atoms with Gasteiger partial charge in [0, 0.05) is 17.5 Å². The van der Waals surface area contributed by atoms with E-state index in [2.05, 4.69) is 18.4 Å². The third-order valence-corrected chi connectivity index (χ3v) is 3.64. The fourth-order valence-corrected chi connectivity index (χ4v) is 2.75. The van der Waals surface area contributed by atoms with Crippen molar-refractivity contribution in [2.45, 2.75) is 26.5 Å². The number of hydrogen-bond donors (Lipinski definition) is 2. The second kappa shape index (κ2) is 5.64. The van der Waals surface area contributed by atoms with E-state index >= 15 is 0 Å². The summed E-state index contributed by atoms with van der Waals surface area (Å²) in [5.74, 6) is 1.07. The standard InChI is InChI=1S/C18H19NO3/c1-12(2)19-14(9-13-5-3-8-17(21)18(13)19)11-22-16-7-4-6-15(20)10-16/h3-10,12,20-21H,11H2,1-2H3. The largest absolute Gasteiger partial charge is 0.508 e. The highest BCUT2D eigenvalue weighted by atomic mass is 16.5. The van der Waals surface area contributed by atoms with Crippen molar-refractivity contribution in [3.8, 4) is 17.2 Å². The van der Waals surface area contributed by atoms with Crippen LogP contribution in [0.1, 0.15) is 25.6 Å². The number of rotatable bonds is 4. The van der Waals surface area contributed by atoms with Gasteiger partial charge < -0.3 is 19.5 Å². The summed E-state index contributed by atoms with van der Waals surface area (Å²) >= 11 is 0. The molecular weight excluding hydrogens is 278 g/mol. The van der Waals surface area contributed by atoms with Crippen LogP contribution < -0.4 is 4.74 Å². The lowest BCUT2D eigenvalue weighted by Crippen LogP contribution is -2.08. The van der Waals surface area contributed by atoms with E-state index in [4.69, 9.17) is 4.74 Å². The molecule has 0 spiro atoms. The number of para-hydroxylation sites is 1. The van der Waals surface area contributed by atoms with Crippen molar-refractivity contribution in [3.05, 3.63) is 54.2 Å². The molecule has 2 N–H and O–H groups in total. The molecule has 1 aromatic heterocycles. The Morgan fingerprint density at radius 3 is 2.55 bits per heavy atom. The molecule has 0 saturated carbocycles. The lowest BCUT2D eigenvalue weighted by Gasteiger charge is -2.16. The summed E-state index contributed by atoms with van der Waals surface area (Å²) in [6.07, 6.45) is 0. The second-order valence-corrected chi connectivity index (χ2v) is 5.60. The van der Waals surface area contributed by atoms with Gasteiger partial charge in [-0.05, 0) is 38.1 Å². The molecule has 0 aliphatic rings. The fraction of sp³-hybridized carbons (Fsp3) is 0.222. The molecule has 0 atom stereocenters. The maximum absolute atomic E-state index is 10.1. The van der Waals surface area contributed by atoms with Crippen molar-refractivity contribution in [2.24, 2.45) is 0 Å². The van der Waals surface area contributed by atoms with Crippen molar-refractivity contribution >= 4 is 10.9 Å². The summed E-state index contributed by atoms with van der Waals surface area (Å²) in [7, 11) is 0. The number of phenols is 2. The van der Waals surface area contributed by atoms with Crippen LogP contribution in [0.4, 0.5) is 0 Å². The quantitative estimate of drug-likeness (QED) is 0.758. The van der Waals surface area contributed by atoms with Crippen LogP contribution in [0.5, 0.6) is 17.2 Å². The first kappa shape index (κ1) is 14.3. The van der Waals surface area contributed by atoms with Gasteiger partial charge in [0.2, 0.25) is 0 Å². The summed E-state index contributed by atoms with van der Waals surface area (Å²) < 4.78 is 7.85. The molecule has 0 radical (unpaired) electrons. The molecular formula is C18H19NO3. The normalized spacial score (nSPS) is 11.2. The molecule has 2 aromatic carbocycles. The zero-order valence-corrected chi connectivity index (χ0v) is 12.7. The minimum atomic E-state index is 0.180. The first-order valence-corrected chi connectivity index (χ1v) is 7.30. The molecule has 0 bridgehead atoms. The summed E-state index contributed by atoms with van der Waals surface area (Å²) in [6, 6.07) is 14.5. The number of phenolic OH excluding ortho intramolecular Hbond substituents is 2. The molecule has 0 saturated heterocycles. The Hall–Kier alpha value is -2.62. The molecule has 0 aliphatic carbocycles. The van der Waals surface area contributed by atoms with Crippen LogP contribution in [0.15, 0.2) is 48.5 Å². The van der Waals surface area contributed by atoms with E-state index in [1.165, 1.54) is 0 Å². The third-order valence-electron chi connectivity index (χ3n) is 3.64. The third kappa shape index (κ3) is 2.60. The van der Waals surface area contributed by atoms with Crippen LogP contribution in [0.3, 0.4) is 0 Å². The SMILES string of the molecule is CC(C)n1c(COc2cccc(O)c2)cc2cccc(O)c21. The molecule has 1 heterocycles. The zero-order valence-electron chi connectivity index (χ0n) is 12.7. The molecule has 3 rings (SSSR count). The zero-order chi connectivity index (χ0) is 15.7. The Bertz CT molecular complexity index is 805. The van der Waals surface area contributed by atoms with Crippen molar-refractivity contribution in [2.75, 3.05) is 0 Å². The molecule has 0 fully saturated rings. The Morgan fingerprint density at radius 2 is 1.82 bits per heavy atom. The van der Waals surface area contributed by atoms with Crippen molar-refractivity contribution in [1.29, 1.82) is 0 Å². The van der Waals surface area contributed by atoms with Crippen LogP contribution in [0.25, 0.3) is 10.9 Å². The number of ether oxygens (including phenoxy) is 1. The van der Waals surface area contributed by atoms with E-state index in [1.54, 1.807) is 30.3 Å². The monoisotopic (exact) mass is 297 g/mol. The maximum atomic E-state index is 10.1. The predicted octanol–water partition coefficient (Wildman–Crippen LogP) is 4.21. The van der Waals surface area contributed by atoms with Crippen LogP contribution in [0, 0.1) is 0 Å². The lowest BCUT2D eigenvalue weighted by atomic mass is 10.2. The highest BCUT2D eigenvalue weighted by Crippen LogP contribution is 2.31. The predicted molar refractivity (Wildman–Crippen MR) is 86.4 cm³/mol. The molecule has 3 aromatic rings. The van der Waals surface area contributed by atoms with Gasteiger partial charge in [-0.3, -0.25) is 0 Å². The van der Waals surface area contributed by atoms with E-state index in [1.807, 2.05) is 18.2 Å². The van der Waals surface area contributed by atoms with Crippen molar-refractivity contribution in [3.63, 3.8) is 0 Å². The van der Waals surface area contributed by atoms with Gasteiger partial charge in [-0.2, -0.15) is 0 Å². The van der Waals surface area contributed by atoms with Gasteiger partial charge in [0.15, 0.2) is 0 Å². The molecule has 22 heavy (non-hydrogen) atoms. The van der Waals surface area contributed by atoms with Crippen molar-refractivity contribution < 1.29 is 14.9 Å². The number of aromatic nitrogens is 1. The minimum absolute atomic E-state index is 0.180. The molecule has 114 valence electrons. The molecule has 4 nitrogen and oxygen atoms in total. The highest BCUT2D eigenvalue weighted by Gasteiger charge is 2.14. The van der Waals surface area contributed by atoms with E-state index in [0.29, 0.717) is 12.4 Å². The van der Waals surface area contributed by atoms with Gasteiger partial charge in [-0.15, -0.1) is 0 Å². The van der Waals surface area contributed by atoms with Crippen LogP contribution >= 0.6 is 0 Å². The van der Waals surface area contributed by atoms with E-state index in [-0.39, 0.29) is 17.5 Å². The van der Waals surface area contributed by atoms with Crippen molar-refractivity contribution in [1.82, 2.24) is 4.57 Å². The minimum Gasteiger partial charge on any atom is -0.508 e. The summed E-state index contributed by atoms with van der Waals surface area (Å²) in [5, 5.41) is 20.6. The summed E-state index contributed by atoms with van der Waals surface area (Å²) in [5.41, 5.74) is 1.81. The average Bonchev–Trinajstić information content (AvgIpc) is 2.85. The van der Waals surface area contributed by atoms with E-state index < -0.39 is 0 Å². The van der Waals surface area contributed by atoms with Gasteiger partial charge in [0.25, 0.3) is 0 Å². The Balaban J connectivity index is 1.96. The number of benzene rings is 2. The highest BCUT2D eigenvalue weighted by molar-refractivity contribution is 5.86. The second-order valence-electron chi connectivity index (χ2n) is 5.60. The topological polar surface area (TPSA) is 54.6 Å². The lowest BCUT2D eigenvalue weighted by molar-refractivity contribution is 0.291. The van der Waals surface area contributed by atoms with Gasteiger partial charge >= 0.3 is 0 Å². The van der Waals surface area contributed by atoms with Gasteiger partial charge in [0.1, 0.15) is 23.9 Å². The van der Waals surface area contributed by atoms with E-state index in [0.717, 1.165) is 16.6 Å². The van der Waals surface area contributed by atoms with Gasteiger partial charge in [-0.25, -0.2) is 0 Å². The van der Waals surface area contributed by atoms with E-state index in [9.17, 15) is 10.2 Å². The Kier molecular flexibility index (Phi) is 3.67. The number of fused-ring (bicyclic) bond motifs is 1. The fourth-order valence-electron chi connectivity index (χ4n) is 2.75. The van der Waals surface area contributed by atoms with Gasteiger partial charge in [0.05, 0.1) is 11.2 Å². The molecule has 0 amide bonds. The maximum Gasteiger partial charge on any atom is 0.139 e. The Morgan fingerprint density at radius 1 is 1.05 bits per heavy atom. The van der Waals surface area contributed by atoms with Crippen LogP contribution in [0.2, 0.25) is 0 Å². The Labute approximate surface area is 129 Å². The summed E-state index contributed by atoms with van der Waals surface area (Å²) in [6.45, 7) is 4.52. The van der Waals surface area contributed by atoms with Crippen LogP contribution in [-0.4, -0.2) is 14.8 Å². The average molecular weight is 297 g/mol. The smallest absolute Gasteiger partial charge is 0.139 e. The first-order valence-electron chi connectivity index (χ1n) is 7.30. The summed E-state index contributed by atoms with van der Waals surface area (Å²) in [4.78, 5) is 0. The van der Waals surface area contributed by atoms with Gasteiger partial charge in [-0.1, -0.05) is 18.2 Å². The van der Waals surface area contributed by atoms with Crippen LogP contribution in [-0.2, 0) is 6.61 Å². The molecule has 0 aliphatic heterocycles. The first-order chi connectivity index (χ1) is 10.6. The molecule has 0 unspecified atom stereocenters. The molecule has 4 heteroatoms.